The van der Waals surface area contributed by atoms with Gasteiger partial charge in [0.2, 0.25) is 0 Å². The number of hydrogen-bond donors (Lipinski definition) is 1. The van der Waals surface area contributed by atoms with Crippen molar-refractivity contribution in [1.29, 1.82) is 0 Å². The molecule has 0 aromatic rings. The second kappa shape index (κ2) is 16.7. The molecule has 0 aromatic heterocycles. The van der Waals surface area contributed by atoms with Gasteiger partial charge in [-0.3, -0.25) is 4.79 Å². The lowest BCUT2D eigenvalue weighted by atomic mass is 9.89. The molecule has 0 unspecified atom stereocenters. The summed E-state index contributed by atoms with van der Waals surface area (Å²) in [6.07, 6.45) is 18.4. The van der Waals surface area contributed by atoms with Crippen molar-refractivity contribution in [3.63, 3.8) is 0 Å². The lowest BCUT2D eigenvalue weighted by Gasteiger charge is -2.34. The van der Waals surface area contributed by atoms with Crippen molar-refractivity contribution in [2.45, 2.75) is 122 Å². The fourth-order valence-corrected chi connectivity index (χ4v) is 4.16. The summed E-state index contributed by atoms with van der Waals surface area (Å²) in [6, 6.07) is 0. The summed E-state index contributed by atoms with van der Waals surface area (Å²) in [5.74, 6) is -1.75. The summed E-state index contributed by atoms with van der Waals surface area (Å²) < 4.78 is 0.328. The summed E-state index contributed by atoms with van der Waals surface area (Å²) in [5.41, 5.74) is -1.83. The molecule has 1 atom stereocenters. The van der Waals surface area contributed by atoms with Crippen LogP contribution in [0, 0.1) is 0 Å². The van der Waals surface area contributed by atoms with Crippen LogP contribution in [-0.2, 0) is 9.59 Å². The van der Waals surface area contributed by atoms with Crippen LogP contribution in [0.1, 0.15) is 116 Å². The van der Waals surface area contributed by atoms with Crippen molar-refractivity contribution in [3.8, 4) is 0 Å². The molecule has 0 aliphatic carbocycles. The Balaban J connectivity index is 3.74. The van der Waals surface area contributed by atoms with Gasteiger partial charge in [0.15, 0.2) is 11.4 Å². The first-order chi connectivity index (χ1) is 14.1. The topological polar surface area (TPSA) is 77.4 Å². The molecule has 5 heteroatoms. The van der Waals surface area contributed by atoms with Crippen LogP contribution in [0.2, 0.25) is 0 Å². The Kier molecular flexibility index (Phi) is 16.2. The zero-order chi connectivity index (χ0) is 22.9. The van der Waals surface area contributed by atoms with Crippen LogP contribution >= 0.6 is 0 Å². The van der Waals surface area contributed by atoms with Crippen molar-refractivity contribution < 1.29 is 24.3 Å². The van der Waals surface area contributed by atoms with Crippen molar-refractivity contribution in [2.24, 2.45) is 0 Å². The molecule has 30 heavy (non-hydrogen) atoms. The van der Waals surface area contributed by atoms with Crippen LogP contribution < -0.4 is 5.11 Å². The number of carboxylic acids is 1. The number of quaternary nitrogens is 1. The number of unbranched alkanes of at least 4 members (excludes halogenated alkanes) is 14. The predicted molar refractivity (Wildman–Crippen MR) is 122 cm³/mol. The summed E-state index contributed by atoms with van der Waals surface area (Å²) in [4.78, 5) is 23.4. The van der Waals surface area contributed by atoms with Gasteiger partial charge in [0.25, 0.3) is 0 Å². The molecular weight excluding hydrogens is 378 g/mol. The van der Waals surface area contributed by atoms with Gasteiger partial charge in [-0.25, -0.2) is 0 Å². The summed E-state index contributed by atoms with van der Waals surface area (Å²) in [7, 11) is 5.50. The van der Waals surface area contributed by atoms with E-state index in [1.54, 1.807) is 0 Å². The number of aliphatic hydroxyl groups is 1. The molecule has 0 aromatic carbocycles. The zero-order valence-electron chi connectivity index (χ0n) is 20.3. The molecule has 1 N–H and O–H groups in total. The highest BCUT2D eigenvalue weighted by molar-refractivity contribution is 5.90. The van der Waals surface area contributed by atoms with E-state index in [1.165, 1.54) is 77.0 Å². The van der Waals surface area contributed by atoms with Gasteiger partial charge in [-0.2, -0.15) is 0 Å². The first-order valence-corrected chi connectivity index (χ1v) is 12.4. The standard InChI is InChI=1S/C25H49NO4/c1-5-6-7-8-9-10-11-12-13-14-15-16-17-18-19-20-23(27)25(30,21-24(28)29)22-26(2,3)4/h30H,5-22H2,1-4H3/t25-/m1/s1. The number of carboxylic acid groups (broad SMARTS) is 1. The predicted octanol–water partition coefficient (Wildman–Crippen LogP) is 4.39. The van der Waals surface area contributed by atoms with E-state index in [4.69, 9.17) is 0 Å². The molecule has 0 heterocycles. The van der Waals surface area contributed by atoms with Crippen LogP contribution in [0.4, 0.5) is 0 Å². The minimum atomic E-state index is -1.83. The van der Waals surface area contributed by atoms with Gasteiger partial charge in [-0.15, -0.1) is 0 Å². The van der Waals surface area contributed by atoms with Gasteiger partial charge in [0.05, 0.1) is 21.1 Å². The molecule has 0 aliphatic rings. The number of nitrogens with zero attached hydrogens (tertiary/aromatic N) is 1. The maximum absolute atomic E-state index is 12.5. The second-order valence-corrected chi connectivity index (χ2v) is 10.2. The summed E-state index contributed by atoms with van der Waals surface area (Å²) in [6.45, 7) is 2.34. The Hall–Kier alpha value is -0.940. The Labute approximate surface area is 185 Å². The van der Waals surface area contributed by atoms with Crippen molar-refractivity contribution >= 4 is 11.8 Å². The Morgan fingerprint density at radius 3 is 1.43 bits per heavy atom. The molecule has 0 bridgehead atoms. The van der Waals surface area contributed by atoms with Gasteiger partial charge in [-0.05, 0) is 6.42 Å². The van der Waals surface area contributed by atoms with Crippen molar-refractivity contribution in [3.05, 3.63) is 0 Å². The average molecular weight is 428 g/mol. The van der Waals surface area contributed by atoms with Crippen LogP contribution in [0.15, 0.2) is 0 Å². The van der Waals surface area contributed by atoms with Gasteiger partial charge in [0, 0.05) is 18.8 Å². The van der Waals surface area contributed by atoms with E-state index in [0.29, 0.717) is 10.9 Å². The summed E-state index contributed by atoms with van der Waals surface area (Å²) in [5, 5.41) is 21.6. The number of ketones is 1. The minimum Gasteiger partial charge on any atom is -0.550 e. The van der Waals surface area contributed by atoms with Gasteiger partial charge in [-0.1, -0.05) is 96.8 Å². The molecule has 0 radical (unpaired) electrons. The molecule has 0 fully saturated rings. The number of rotatable bonds is 21. The fourth-order valence-electron chi connectivity index (χ4n) is 4.16. The second-order valence-electron chi connectivity index (χ2n) is 10.2. The highest BCUT2D eigenvalue weighted by Gasteiger charge is 2.40. The van der Waals surface area contributed by atoms with Gasteiger partial charge < -0.3 is 19.5 Å². The van der Waals surface area contributed by atoms with E-state index >= 15 is 0 Å². The van der Waals surface area contributed by atoms with E-state index in [0.717, 1.165) is 12.8 Å². The van der Waals surface area contributed by atoms with Crippen molar-refractivity contribution in [1.82, 2.24) is 0 Å². The maximum atomic E-state index is 12.5. The molecule has 0 rings (SSSR count). The maximum Gasteiger partial charge on any atom is 0.177 e. The SMILES string of the molecule is CCCCCCCCCCCCCCCCCC(=O)[C@@](O)(CC(=O)[O-])C[N+](C)(C)C. The molecule has 0 amide bonds. The van der Waals surface area contributed by atoms with E-state index < -0.39 is 18.0 Å². The lowest BCUT2D eigenvalue weighted by molar-refractivity contribution is -0.875. The number of likely N-dealkylation sites (N-methyl/N-ethyl adjacent to an activating group) is 1. The van der Waals surface area contributed by atoms with E-state index in [1.807, 2.05) is 21.1 Å². The number of carbonyl (C=O) groups is 2. The van der Waals surface area contributed by atoms with E-state index in [2.05, 4.69) is 6.92 Å². The largest absolute Gasteiger partial charge is 0.550 e. The third-order valence-electron chi connectivity index (χ3n) is 5.70. The molecule has 178 valence electrons. The first-order valence-electron chi connectivity index (χ1n) is 12.4. The Morgan fingerprint density at radius 2 is 1.10 bits per heavy atom. The average Bonchev–Trinajstić information content (AvgIpc) is 2.62. The number of hydrogen-bond acceptors (Lipinski definition) is 4. The van der Waals surface area contributed by atoms with Crippen molar-refractivity contribution in [2.75, 3.05) is 27.7 Å². The quantitative estimate of drug-likeness (QED) is 0.218. The van der Waals surface area contributed by atoms with E-state index in [9.17, 15) is 19.8 Å². The van der Waals surface area contributed by atoms with Crippen LogP contribution in [0.5, 0.6) is 0 Å². The molecule has 0 saturated heterocycles. The number of carbonyl (C=O) groups excluding carboxylic acids is 2. The summed E-state index contributed by atoms with van der Waals surface area (Å²) >= 11 is 0. The van der Waals surface area contributed by atoms with Crippen LogP contribution in [0.25, 0.3) is 0 Å². The normalized spacial score (nSPS) is 13.9. The van der Waals surface area contributed by atoms with Crippen LogP contribution in [0.3, 0.4) is 0 Å². The van der Waals surface area contributed by atoms with Crippen LogP contribution in [-0.4, -0.2) is 54.6 Å². The Bertz CT molecular complexity index is 459. The molecule has 0 spiro atoms. The highest BCUT2D eigenvalue weighted by atomic mass is 16.4. The smallest absolute Gasteiger partial charge is 0.177 e. The third kappa shape index (κ3) is 16.8. The molecule has 0 saturated carbocycles. The minimum absolute atomic E-state index is 0.0819. The van der Waals surface area contributed by atoms with E-state index in [-0.39, 0.29) is 18.7 Å². The monoisotopic (exact) mass is 427 g/mol. The van der Waals surface area contributed by atoms with Gasteiger partial charge in [0.1, 0.15) is 6.54 Å². The molecule has 5 nitrogen and oxygen atoms in total. The number of aliphatic carboxylic acids is 1. The highest BCUT2D eigenvalue weighted by Crippen LogP contribution is 2.20. The molecule has 0 aliphatic heterocycles. The number of Topliss-reactive ketones (excluding diaryl/α,β-unsaturated/α-hetero) is 1. The third-order valence-corrected chi connectivity index (χ3v) is 5.70. The lowest BCUT2D eigenvalue weighted by Crippen LogP contribution is -2.56. The first kappa shape index (κ1) is 29.1. The fraction of sp³-hybridized carbons (Fsp3) is 0.920. The Morgan fingerprint density at radius 1 is 0.733 bits per heavy atom. The van der Waals surface area contributed by atoms with Gasteiger partial charge >= 0.3 is 0 Å². The zero-order valence-corrected chi connectivity index (χ0v) is 20.3. The molecular formula is C25H49NO4.